The van der Waals surface area contributed by atoms with Gasteiger partial charge in [-0.15, -0.1) is 0 Å². The number of fused-ring (bicyclic) bond motifs is 1. The lowest BCUT2D eigenvalue weighted by atomic mass is 10.1. The van der Waals surface area contributed by atoms with Crippen LogP contribution in [0.1, 0.15) is 12.5 Å². The van der Waals surface area contributed by atoms with Gasteiger partial charge >= 0.3 is 0 Å². The van der Waals surface area contributed by atoms with Gasteiger partial charge < -0.3 is 15.0 Å². The van der Waals surface area contributed by atoms with E-state index in [9.17, 15) is 9.50 Å². The Morgan fingerprint density at radius 2 is 1.87 bits per heavy atom. The van der Waals surface area contributed by atoms with Crippen molar-refractivity contribution < 1.29 is 9.50 Å². The Morgan fingerprint density at radius 1 is 1.00 bits per heavy atom. The molecular formula is C29H30FN7O. The molecule has 0 spiro atoms. The van der Waals surface area contributed by atoms with Crippen molar-refractivity contribution in [2.24, 2.45) is 0 Å². The molecule has 5 aromatic rings. The summed E-state index contributed by atoms with van der Waals surface area (Å²) >= 11 is 0. The van der Waals surface area contributed by atoms with Crippen LogP contribution >= 0.6 is 0 Å². The smallest absolute Gasteiger partial charge is 0.137 e. The second-order valence-electron chi connectivity index (χ2n) is 9.92. The van der Waals surface area contributed by atoms with Crippen LogP contribution in [-0.2, 0) is 6.54 Å². The number of piperazine rings is 1. The molecule has 38 heavy (non-hydrogen) atoms. The van der Waals surface area contributed by atoms with Gasteiger partial charge in [0.05, 0.1) is 36.4 Å². The van der Waals surface area contributed by atoms with Gasteiger partial charge in [0.2, 0.25) is 0 Å². The van der Waals surface area contributed by atoms with E-state index in [1.165, 1.54) is 12.1 Å². The average molecular weight is 512 g/mol. The third-order valence-corrected chi connectivity index (χ3v) is 7.01. The SMILES string of the molecule is C[C@H](O)CN1CCN(c2ccc(-c3cnc4[nH]cc(-c5cnn(Cc6cccc(F)c6)c5)c4c3)nc2)CC1. The Labute approximate surface area is 220 Å². The maximum atomic E-state index is 13.6. The minimum absolute atomic E-state index is 0.248. The number of anilines is 1. The van der Waals surface area contributed by atoms with Crippen LogP contribution in [0.25, 0.3) is 33.4 Å². The van der Waals surface area contributed by atoms with Gasteiger partial charge in [0.15, 0.2) is 0 Å². The number of β-amino-alcohol motifs (C(OH)–C–C–N with tert-alkyl or cyclic N) is 1. The van der Waals surface area contributed by atoms with E-state index in [0.29, 0.717) is 6.54 Å². The van der Waals surface area contributed by atoms with E-state index < -0.39 is 0 Å². The normalized spacial score (nSPS) is 15.3. The van der Waals surface area contributed by atoms with Crippen molar-refractivity contribution in [1.82, 2.24) is 29.6 Å². The number of aromatic amines is 1. The van der Waals surface area contributed by atoms with Gasteiger partial charge in [-0.3, -0.25) is 14.6 Å². The number of halogens is 1. The molecule has 8 nitrogen and oxygen atoms in total. The number of benzene rings is 1. The molecule has 0 aliphatic carbocycles. The predicted molar refractivity (Wildman–Crippen MR) is 146 cm³/mol. The minimum atomic E-state index is -0.301. The Balaban J connectivity index is 1.19. The van der Waals surface area contributed by atoms with Crippen molar-refractivity contribution in [1.29, 1.82) is 0 Å². The van der Waals surface area contributed by atoms with Crippen LogP contribution in [0.3, 0.4) is 0 Å². The quantitative estimate of drug-likeness (QED) is 0.341. The number of rotatable bonds is 7. The molecule has 5 heterocycles. The summed E-state index contributed by atoms with van der Waals surface area (Å²) in [6.45, 7) is 6.75. The summed E-state index contributed by atoms with van der Waals surface area (Å²) in [5.74, 6) is -0.248. The van der Waals surface area contributed by atoms with Crippen molar-refractivity contribution in [2.75, 3.05) is 37.6 Å². The number of H-pyrrole nitrogens is 1. The van der Waals surface area contributed by atoms with E-state index in [1.807, 2.05) is 54.7 Å². The number of pyridine rings is 2. The molecule has 1 aliphatic heterocycles. The van der Waals surface area contributed by atoms with Crippen LogP contribution in [0.15, 0.2) is 73.4 Å². The molecular weight excluding hydrogens is 481 g/mol. The molecule has 0 amide bonds. The van der Waals surface area contributed by atoms with Crippen LogP contribution in [-0.4, -0.2) is 73.6 Å². The standard InChI is InChI=1S/C29H30FN7O/c1-20(38)17-35-7-9-36(10-8-35)25-5-6-28(31-15-25)22-12-26-27(16-33-29(26)32-13-22)23-14-34-37(19-23)18-21-3-2-4-24(30)11-21/h2-6,11-16,19-20,38H,7-10,17-18H2,1H3,(H,32,33)/t20-/m0/s1. The highest BCUT2D eigenvalue weighted by atomic mass is 19.1. The first-order valence-corrected chi connectivity index (χ1v) is 12.9. The topological polar surface area (TPSA) is 86.1 Å². The number of aliphatic hydroxyl groups excluding tert-OH is 1. The Hall–Kier alpha value is -4.08. The van der Waals surface area contributed by atoms with E-state index in [0.717, 1.165) is 77.4 Å². The number of nitrogens with zero attached hydrogens (tertiary/aromatic N) is 6. The van der Waals surface area contributed by atoms with Gasteiger partial charge in [0.1, 0.15) is 11.5 Å². The van der Waals surface area contributed by atoms with Crippen LogP contribution in [0.2, 0.25) is 0 Å². The largest absolute Gasteiger partial charge is 0.392 e. The highest BCUT2D eigenvalue weighted by Crippen LogP contribution is 2.31. The van der Waals surface area contributed by atoms with E-state index >= 15 is 0 Å². The highest BCUT2D eigenvalue weighted by Gasteiger charge is 2.19. The molecule has 0 saturated carbocycles. The van der Waals surface area contributed by atoms with Crippen LogP contribution in [0.4, 0.5) is 10.1 Å². The van der Waals surface area contributed by atoms with Gasteiger partial charge in [0.25, 0.3) is 0 Å². The first-order chi connectivity index (χ1) is 18.5. The Bertz CT molecular complexity index is 1530. The van der Waals surface area contributed by atoms with Gasteiger partial charge in [-0.1, -0.05) is 12.1 Å². The summed E-state index contributed by atoms with van der Waals surface area (Å²) in [7, 11) is 0. The number of aliphatic hydroxyl groups is 1. The van der Waals surface area contributed by atoms with E-state index in [-0.39, 0.29) is 11.9 Å². The van der Waals surface area contributed by atoms with Crippen molar-refractivity contribution >= 4 is 16.7 Å². The monoisotopic (exact) mass is 511 g/mol. The first-order valence-electron chi connectivity index (χ1n) is 12.9. The molecule has 1 saturated heterocycles. The molecule has 0 radical (unpaired) electrons. The maximum Gasteiger partial charge on any atom is 0.137 e. The van der Waals surface area contributed by atoms with E-state index in [4.69, 9.17) is 4.98 Å². The predicted octanol–water partition coefficient (Wildman–Crippen LogP) is 4.18. The second kappa shape index (κ2) is 10.4. The molecule has 1 aliphatic rings. The fraction of sp³-hybridized carbons (Fsp3) is 0.276. The molecule has 0 bridgehead atoms. The molecule has 1 fully saturated rings. The minimum Gasteiger partial charge on any atom is -0.392 e. The molecule has 0 unspecified atom stereocenters. The zero-order valence-electron chi connectivity index (χ0n) is 21.3. The number of hydrogen-bond donors (Lipinski definition) is 2. The zero-order valence-corrected chi connectivity index (χ0v) is 21.3. The molecule has 9 heteroatoms. The van der Waals surface area contributed by atoms with E-state index in [2.05, 4.69) is 37.0 Å². The van der Waals surface area contributed by atoms with Gasteiger partial charge in [-0.25, -0.2) is 9.37 Å². The zero-order chi connectivity index (χ0) is 26.1. The van der Waals surface area contributed by atoms with Gasteiger partial charge in [0, 0.05) is 73.4 Å². The number of nitrogens with one attached hydrogen (secondary N) is 1. The summed E-state index contributed by atoms with van der Waals surface area (Å²) in [5, 5.41) is 15.1. The lowest BCUT2D eigenvalue weighted by Gasteiger charge is -2.36. The third kappa shape index (κ3) is 5.16. The number of aromatic nitrogens is 5. The van der Waals surface area contributed by atoms with Crippen molar-refractivity contribution in [3.05, 3.63) is 84.8 Å². The molecule has 6 rings (SSSR count). The molecule has 1 aromatic carbocycles. The number of hydrogen-bond acceptors (Lipinski definition) is 6. The van der Waals surface area contributed by atoms with Crippen LogP contribution in [0.5, 0.6) is 0 Å². The van der Waals surface area contributed by atoms with E-state index in [1.54, 1.807) is 6.07 Å². The average Bonchev–Trinajstić information content (AvgIpc) is 3.55. The van der Waals surface area contributed by atoms with Crippen molar-refractivity contribution in [3.63, 3.8) is 0 Å². The maximum absolute atomic E-state index is 13.6. The molecule has 194 valence electrons. The Kier molecular flexibility index (Phi) is 6.61. The highest BCUT2D eigenvalue weighted by molar-refractivity contribution is 5.95. The van der Waals surface area contributed by atoms with Gasteiger partial charge in [-0.05, 0) is 42.8 Å². The lowest BCUT2D eigenvalue weighted by Crippen LogP contribution is -2.48. The summed E-state index contributed by atoms with van der Waals surface area (Å²) < 4.78 is 15.4. The fourth-order valence-electron chi connectivity index (χ4n) is 5.10. The van der Waals surface area contributed by atoms with Crippen molar-refractivity contribution in [3.8, 4) is 22.4 Å². The first kappa shape index (κ1) is 24.3. The molecule has 1 atom stereocenters. The summed E-state index contributed by atoms with van der Waals surface area (Å²) in [4.78, 5) is 17.3. The van der Waals surface area contributed by atoms with Gasteiger partial charge in [-0.2, -0.15) is 5.10 Å². The van der Waals surface area contributed by atoms with Crippen LogP contribution < -0.4 is 4.90 Å². The summed E-state index contributed by atoms with van der Waals surface area (Å²) in [6, 6.07) is 12.8. The third-order valence-electron chi connectivity index (χ3n) is 7.01. The second-order valence-corrected chi connectivity index (χ2v) is 9.92. The van der Waals surface area contributed by atoms with Crippen LogP contribution in [0, 0.1) is 5.82 Å². The fourth-order valence-corrected chi connectivity index (χ4v) is 5.10. The summed E-state index contributed by atoms with van der Waals surface area (Å²) in [5.41, 5.74) is 6.54. The van der Waals surface area contributed by atoms with Crippen molar-refractivity contribution in [2.45, 2.75) is 19.6 Å². The molecule has 2 N–H and O–H groups in total. The Morgan fingerprint density at radius 3 is 2.63 bits per heavy atom. The lowest BCUT2D eigenvalue weighted by molar-refractivity contribution is 0.122. The summed E-state index contributed by atoms with van der Waals surface area (Å²) in [6.07, 6.45) is 9.20. The molecule has 4 aromatic heterocycles.